The third kappa shape index (κ3) is 2.22. The maximum absolute atomic E-state index is 5.75. The van der Waals surface area contributed by atoms with E-state index in [4.69, 9.17) is 15.2 Å². The molecule has 0 spiro atoms. The van der Waals surface area contributed by atoms with Gasteiger partial charge in [0.2, 0.25) is 0 Å². The van der Waals surface area contributed by atoms with E-state index in [1.807, 2.05) is 6.92 Å². The first-order chi connectivity index (χ1) is 7.69. The molecule has 2 rings (SSSR count). The fourth-order valence-corrected chi connectivity index (χ4v) is 1.75. The van der Waals surface area contributed by atoms with Crippen LogP contribution in [0.15, 0.2) is 18.2 Å². The summed E-state index contributed by atoms with van der Waals surface area (Å²) in [4.78, 5) is 0. The average molecular weight is 237 g/mol. The van der Waals surface area contributed by atoms with E-state index in [0.717, 1.165) is 5.01 Å². The summed E-state index contributed by atoms with van der Waals surface area (Å²) < 4.78 is 10.5. The van der Waals surface area contributed by atoms with Crippen molar-refractivity contribution in [1.82, 2.24) is 10.2 Å². The smallest absolute Gasteiger partial charge is 0.299 e. The fraction of sp³-hybridized carbons (Fsp3) is 0.200. The van der Waals surface area contributed by atoms with Crippen LogP contribution in [0.2, 0.25) is 0 Å². The molecule has 0 radical (unpaired) electrons. The second-order valence-electron chi connectivity index (χ2n) is 3.09. The van der Waals surface area contributed by atoms with Gasteiger partial charge in [-0.25, -0.2) is 0 Å². The van der Waals surface area contributed by atoms with Crippen molar-refractivity contribution in [3.05, 3.63) is 23.2 Å². The predicted octanol–water partition coefficient (Wildman–Crippen LogP) is 2.23. The van der Waals surface area contributed by atoms with Crippen LogP contribution in [0.25, 0.3) is 0 Å². The summed E-state index contributed by atoms with van der Waals surface area (Å²) in [7, 11) is 1.57. The lowest BCUT2D eigenvalue weighted by Crippen LogP contribution is -1.93. The minimum absolute atomic E-state index is 0.502. The number of methoxy groups -OCH3 is 1. The number of nitrogen functional groups attached to an aromatic ring is 1. The molecule has 2 aromatic rings. The number of benzene rings is 1. The van der Waals surface area contributed by atoms with Gasteiger partial charge < -0.3 is 15.2 Å². The van der Waals surface area contributed by atoms with Crippen LogP contribution in [0.5, 0.6) is 16.7 Å². The Labute approximate surface area is 96.8 Å². The van der Waals surface area contributed by atoms with Crippen LogP contribution in [0.1, 0.15) is 5.01 Å². The molecule has 16 heavy (non-hydrogen) atoms. The quantitative estimate of drug-likeness (QED) is 0.829. The predicted molar refractivity (Wildman–Crippen MR) is 62.1 cm³/mol. The summed E-state index contributed by atoms with van der Waals surface area (Å²) in [5, 5.41) is 9.07. The van der Waals surface area contributed by atoms with Crippen molar-refractivity contribution in [2.45, 2.75) is 6.92 Å². The molecule has 0 fully saturated rings. The largest absolute Gasteiger partial charge is 0.495 e. The van der Waals surface area contributed by atoms with Gasteiger partial charge in [0.25, 0.3) is 5.19 Å². The number of rotatable bonds is 3. The molecule has 0 bridgehead atoms. The van der Waals surface area contributed by atoms with Gasteiger partial charge in [-0.15, -0.1) is 5.10 Å². The lowest BCUT2D eigenvalue weighted by molar-refractivity contribution is 0.415. The van der Waals surface area contributed by atoms with Crippen molar-refractivity contribution < 1.29 is 9.47 Å². The first-order valence-electron chi connectivity index (χ1n) is 4.60. The summed E-state index contributed by atoms with van der Waals surface area (Å²) in [5.74, 6) is 1.25. The zero-order chi connectivity index (χ0) is 11.5. The molecule has 0 saturated carbocycles. The van der Waals surface area contributed by atoms with Gasteiger partial charge in [0.05, 0.1) is 12.8 Å². The highest BCUT2D eigenvalue weighted by Crippen LogP contribution is 2.30. The minimum Gasteiger partial charge on any atom is -0.495 e. The van der Waals surface area contributed by atoms with Crippen LogP contribution in [0.4, 0.5) is 5.69 Å². The Morgan fingerprint density at radius 2 is 2.12 bits per heavy atom. The van der Waals surface area contributed by atoms with Crippen molar-refractivity contribution in [3.63, 3.8) is 0 Å². The van der Waals surface area contributed by atoms with Crippen molar-refractivity contribution in [1.29, 1.82) is 0 Å². The highest BCUT2D eigenvalue weighted by atomic mass is 32.1. The van der Waals surface area contributed by atoms with Crippen LogP contribution in [-0.4, -0.2) is 17.3 Å². The van der Waals surface area contributed by atoms with Crippen LogP contribution in [-0.2, 0) is 0 Å². The molecule has 0 aliphatic carbocycles. The van der Waals surface area contributed by atoms with E-state index >= 15 is 0 Å². The minimum atomic E-state index is 0.502. The molecule has 1 aromatic heterocycles. The number of aromatic nitrogens is 2. The summed E-state index contributed by atoms with van der Waals surface area (Å²) in [6.07, 6.45) is 0. The number of ether oxygens (including phenoxy) is 2. The zero-order valence-corrected chi connectivity index (χ0v) is 9.75. The van der Waals surface area contributed by atoms with Crippen molar-refractivity contribution in [2.75, 3.05) is 12.8 Å². The Morgan fingerprint density at radius 1 is 1.31 bits per heavy atom. The first kappa shape index (κ1) is 10.7. The summed E-state index contributed by atoms with van der Waals surface area (Å²) in [5.41, 5.74) is 6.28. The van der Waals surface area contributed by atoms with Gasteiger partial charge in [0.1, 0.15) is 16.5 Å². The molecule has 2 N–H and O–H groups in total. The van der Waals surface area contributed by atoms with E-state index in [0.29, 0.717) is 22.4 Å². The van der Waals surface area contributed by atoms with Crippen molar-refractivity contribution in [2.24, 2.45) is 0 Å². The van der Waals surface area contributed by atoms with E-state index in [2.05, 4.69) is 10.2 Å². The van der Waals surface area contributed by atoms with Crippen LogP contribution in [0.3, 0.4) is 0 Å². The molecule has 0 aliphatic rings. The van der Waals surface area contributed by atoms with E-state index in [1.165, 1.54) is 11.3 Å². The number of nitrogens with two attached hydrogens (primary N) is 1. The Bertz CT molecular complexity index is 499. The molecule has 0 atom stereocenters. The molecule has 1 heterocycles. The highest BCUT2D eigenvalue weighted by Gasteiger charge is 2.05. The third-order valence-corrected chi connectivity index (χ3v) is 2.63. The zero-order valence-electron chi connectivity index (χ0n) is 8.93. The monoisotopic (exact) mass is 237 g/mol. The molecule has 0 amide bonds. The lowest BCUT2D eigenvalue weighted by atomic mass is 10.3. The fourth-order valence-electron chi connectivity index (χ4n) is 1.20. The average Bonchev–Trinajstić information content (AvgIpc) is 2.64. The van der Waals surface area contributed by atoms with Crippen LogP contribution in [0, 0.1) is 6.92 Å². The van der Waals surface area contributed by atoms with Crippen LogP contribution < -0.4 is 15.2 Å². The van der Waals surface area contributed by atoms with Gasteiger partial charge in [-0.1, -0.05) is 16.4 Å². The maximum Gasteiger partial charge on any atom is 0.299 e. The Balaban J connectivity index is 2.19. The molecule has 1 aromatic carbocycles. The number of aryl methyl sites for hydroxylation is 1. The van der Waals surface area contributed by atoms with E-state index in [-0.39, 0.29) is 0 Å². The second-order valence-corrected chi connectivity index (χ2v) is 4.24. The highest BCUT2D eigenvalue weighted by molar-refractivity contribution is 7.13. The number of anilines is 1. The number of hydrogen-bond donors (Lipinski definition) is 1. The van der Waals surface area contributed by atoms with Crippen molar-refractivity contribution in [3.8, 4) is 16.7 Å². The number of hydrogen-bond acceptors (Lipinski definition) is 6. The molecule has 84 valence electrons. The Morgan fingerprint density at radius 3 is 2.69 bits per heavy atom. The summed E-state index contributed by atoms with van der Waals surface area (Å²) in [6, 6.07) is 5.21. The van der Waals surface area contributed by atoms with Gasteiger partial charge >= 0.3 is 0 Å². The SMILES string of the molecule is COc1ccc(Oc2nnc(C)s2)cc1N. The molecular formula is C10H11N3O2S. The molecule has 0 aliphatic heterocycles. The topological polar surface area (TPSA) is 70.3 Å². The number of nitrogens with zero attached hydrogens (tertiary/aromatic N) is 2. The lowest BCUT2D eigenvalue weighted by Gasteiger charge is -2.06. The van der Waals surface area contributed by atoms with Gasteiger partial charge in [0.15, 0.2) is 0 Å². The Kier molecular flexibility index (Phi) is 2.91. The molecular weight excluding hydrogens is 226 g/mol. The molecule has 5 nitrogen and oxygen atoms in total. The molecule has 0 unspecified atom stereocenters. The van der Waals surface area contributed by atoms with Gasteiger partial charge in [-0.3, -0.25) is 0 Å². The van der Waals surface area contributed by atoms with Crippen LogP contribution >= 0.6 is 11.3 Å². The third-order valence-electron chi connectivity index (χ3n) is 1.91. The standard InChI is InChI=1S/C10H11N3O2S/c1-6-12-13-10(16-6)15-7-3-4-9(14-2)8(11)5-7/h3-5H,11H2,1-2H3. The van der Waals surface area contributed by atoms with Crippen molar-refractivity contribution >= 4 is 17.0 Å². The van der Waals surface area contributed by atoms with E-state index in [9.17, 15) is 0 Å². The van der Waals surface area contributed by atoms with Gasteiger partial charge in [-0.05, 0) is 19.1 Å². The second kappa shape index (κ2) is 4.36. The van der Waals surface area contributed by atoms with E-state index in [1.54, 1.807) is 25.3 Å². The van der Waals surface area contributed by atoms with E-state index < -0.39 is 0 Å². The first-order valence-corrected chi connectivity index (χ1v) is 5.42. The van der Waals surface area contributed by atoms with Gasteiger partial charge in [-0.2, -0.15) is 0 Å². The maximum atomic E-state index is 5.75. The summed E-state index contributed by atoms with van der Waals surface area (Å²) >= 11 is 1.38. The van der Waals surface area contributed by atoms with Gasteiger partial charge in [0, 0.05) is 6.07 Å². The Hall–Kier alpha value is -1.82. The molecule has 0 saturated heterocycles. The normalized spacial score (nSPS) is 10.1. The molecule has 6 heteroatoms. The summed E-state index contributed by atoms with van der Waals surface area (Å²) in [6.45, 7) is 1.87.